The number of hydrogen-bond donors (Lipinski definition) is 3. The van der Waals surface area contributed by atoms with Crippen molar-refractivity contribution in [2.75, 3.05) is 7.11 Å². The second-order valence-electron chi connectivity index (χ2n) is 4.87. The summed E-state index contributed by atoms with van der Waals surface area (Å²) in [7, 11) is 1.59. The van der Waals surface area contributed by atoms with Crippen molar-refractivity contribution in [1.82, 2.24) is 4.98 Å². The third-order valence-corrected chi connectivity index (χ3v) is 3.06. The Morgan fingerprint density at radius 3 is 2.62 bits per heavy atom. The van der Waals surface area contributed by atoms with Gasteiger partial charge in [-0.3, -0.25) is 0 Å². The Hall–Kier alpha value is -2.70. The van der Waals surface area contributed by atoms with Crippen molar-refractivity contribution < 1.29 is 14.4 Å². The van der Waals surface area contributed by atoms with E-state index in [4.69, 9.17) is 21.0 Å². The molecule has 112 valence electrons. The molecule has 21 heavy (non-hydrogen) atoms. The van der Waals surface area contributed by atoms with E-state index in [-0.39, 0.29) is 11.9 Å². The first kappa shape index (κ1) is 14.7. The number of carbonyl (C=O) groups excluding carboxylic acids is 1. The second-order valence-corrected chi connectivity index (χ2v) is 4.87. The Morgan fingerprint density at radius 2 is 2.05 bits per heavy atom. The highest BCUT2D eigenvalue weighted by Crippen LogP contribution is 2.32. The molecule has 0 spiro atoms. The number of guanidine groups is 1. The smallest absolute Gasteiger partial charge is 0.382 e. The zero-order chi connectivity index (χ0) is 15.6. The number of ether oxygens (including phenoxy) is 1. The van der Waals surface area contributed by atoms with E-state index in [0.29, 0.717) is 11.4 Å². The van der Waals surface area contributed by atoms with Gasteiger partial charge in [0.1, 0.15) is 11.4 Å². The normalized spacial score (nSPS) is 10.7. The summed E-state index contributed by atoms with van der Waals surface area (Å²) in [6.45, 7) is 3.97. The highest BCUT2D eigenvalue weighted by molar-refractivity contribution is 5.99. The van der Waals surface area contributed by atoms with Crippen LogP contribution in [-0.2, 0) is 4.84 Å². The van der Waals surface area contributed by atoms with E-state index in [1.165, 1.54) is 0 Å². The molecule has 0 radical (unpaired) electrons. The minimum Gasteiger partial charge on any atom is -0.497 e. The van der Waals surface area contributed by atoms with E-state index in [1.54, 1.807) is 7.11 Å². The first-order chi connectivity index (χ1) is 9.93. The number of aromatic amines is 1. The molecule has 1 aromatic carbocycles. The Bertz CT molecular complexity index is 700. The first-order valence-electron chi connectivity index (χ1n) is 6.44. The molecule has 1 aromatic heterocycles. The van der Waals surface area contributed by atoms with Crippen LogP contribution in [0.4, 0.5) is 0 Å². The molecule has 0 bridgehead atoms. The molecule has 0 saturated carbocycles. The molecule has 0 aliphatic carbocycles. The molecule has 2 aromatic rings. The van der Waals surface area contributed by atoms with E-state index < -0.39 is 5.97 Å². The average molecular weight is 290 g/mol. The van der Waals surface area contributed by atoms with Gasteiger partial charge in [0.15, 0.2) is 0 Å². The van der Waals surface area contributed by atoms with Crippen LogP contribution in [0.25, 0.3) is 10.9 Å². The summed E-state index contributed by atoms with van der Waals surface area (Å²) in [5.74, 6) is -0.130. The maximum atomic E-state index is 12.1. The average Bonchev–Trinajstić information content (AvgIpc) is 2.82. The van der Waals surface area contributed by atoms with Crippen molar-refractivity contribution >= 4 is 22.8 Å². The third kappa shape index (κ3) is 2.91. The second kappa shape index (κ2) is 5.74. The van der Waals surface area contributed by atoms with Crippen molar-refractivity contribution in [1.29, 1.82) is 0 Å². The van der Waals surface area contributed by atoms with Gasteiger partial charge in [-0.25, -0.2) is 4.79 Å². The number of carbonyl (C=O) groups is 1. The Morgan fingerprint density at radius 1 is 1.33 bits per heavy atom. The van der Waals surface area contributed by atoms with Crippen LogP contribution >= 0.6 is 0 Å². The van der Waals surface area contributed by atoms with Gasteiger partial charge in [0.25, 0.3) is 0 Å². The number of oxime groups is 1. The molecule has 7 nitrogen and oxygen atoms in total. The minimum absolute atomic E-state index is 0.104. The van der Waals surface area contributed by atoms with Gasteiger partial charge in [-0.2, -0.15) is 0 Å². The van der Waals surface area contributed by atoms with E-state index >= 15 is 0 Å². The minimum atomic E-state index is -0.637. The van der Waals surface area contributed by atoms with Gasteiger partial charge >= 0.3 is 5.97 Å². The number of methoxy groups -OCH3 is 1. The molecule has 2 rings (SSSR count). The molecular weight excluding hydrogens is 272 g/mol. The Labute approximate surface area is 121 Å². The fraction of sp³-hybridized carbons (Fsp3) is 0.286. The van der Waals surface area contributed by atoms with Crippen molar-refractivity contribution in [3.63, 3.8) is 0 Å². The number of nitrogens with zero attached hydrogens (tertiary/aromatic N) is 1. The van der Waals surface area contributed by atoms with Crippen LogP contribution in [0, 0.1) is 0 Å². The van der Waals surface area contributed by atoms with Gasteiger partial charge < -0.3 is 26.0 Å². The fourth-order valence-corrected chi connectivity index (χ4v) is 2.22. The molecule has 0 aliphatic rings. The maximum Gasteiger partial charge on any atom is 0.382 e. The molecule has 0 fully saturated rings. The predicted octanol–water partition coefficient (Wildman–Crippen LogP) is 1.65. The lowest BCUT2D eigenvalue weighted by Crippen LogP contribution is -2.23. The summed E-state index contributed by atoms with van der Waals surface area (Å²) in [6.07, 6.45) is 0. The van der Waals surface area contributed by atoms with Crippen LogP contribution < -0.4 is 16.2 Å². The molecule has 1 heterocycles. The largest absolute Gasteiger partial charge is 0.497 e. The van der Waals surface area contributed by atoms with Gasteiger partial charge in [-0.15, -0.1) is 0 Å². The monoisotopic (exact) mass is 290 g/mol. The lowest BCUT2D eigenvalue weighted by atomic mass is 9.99. The van der Waals surface area contributed by atoms with Gasteiger partial charge in [-0.05, 0) is 34.8 Å². The molecule has 5 N–H and O–H groups in total. The highest BCUT2D eigenvalue weighted by atomic mass is 16.7. The van der Waals surface area contributed by atoms with Crippen molar-refractivity contribution in [2.45, 2.75) is 19.8 Å². The molecule has 0 atom stereocenters. The summed E-state index contributed by atoms with van der Waals surface area (Å²) in [4.78, 5) is 19.8. The standard InChI is InChI=1S/C14H18N4O3/c1-7(2)11-9-6-8(20-3)4-5-10(9)17-12(11)13(19)21-18-14(15)16/h4-7,17H,1-3H3,(H4,15,16,18). The van der Waals surface area contributed by atoms with Crippen LogP contribution in [-0.4, -0.2) is 24.0 Å². The van der Waals surface area contributed by atoms with Gasteiger partial charge in [0.05, 0.1) is 7.11 Å². The SMILES string of the molecule is COc1ccc2[nH]c(C(=O)ON=C(N)N)c(C(C)C)c2c1. The van der Waals surface area contributed by atoms with Crippen molar-refractivity contribution in [2.24, 2.45) is 16.6 Å². The number of nitrogens with one attached hydrogen (secondary N) is 1. The molecule has 0 saturated heterocycles. The van der Waals surface area contributed by atoms with E-state index in [2.05, 4.69) is 10.1 Å². The van der Waals surface area contributed by atoms with E-state index in [9.17, 15) is 4.79 Å². The van der Waals surface area contributed by atoms with E-state index in [0.717, 1.165) is 16.5 Å². The fourth-order valence-electron chi connectivity index (χ4n) is 2.22. The number of H-pyrrole nitrogens is 1. The summed E-state index contributed by atoms with van der Waals surface area (Å²) in [5, 5.41) is 4.19. The zero-order valence-corrected chi connectivity index (χ0v) is 12.1. The Balaban J connectivity index is 2.55. The Kier molecular flexibility index (Phi) is 4.02. The number of hydrogen-bond acceptors (Lipinski definition) is 4. The number of benzene rings is 1. The van der Waals surface area contributed by atoms with E-state index in [1.807, 2.05) is 32.0 Å². The molecule has 0 amide bonds. The van der Waals surface area contributed by atoms with Gasteiger partial charge in [-0.1, -0.05) is 13.8 Å². The number of rotatable bonds is 4. The summed E-state index contributed by atoms with van der Waals surface area (Å²) in [6, 6.07) is 5.53. The molecule has 0 aliphatic heterocycles. The number of nitrogens with two attached hydrogens (primary N) is 2. The third-order valence-electron chi connectivity index (χ3n) is 3.06. The van der Waals surface area contributed by atoms with Crippen LogP contribution in [0.5, 0.6) is 5.75 Å². The lowest BCUT2D eigenvalue weighted by Gasteiger charge is -2.07. The molecular formula is C14H18N4O3. The number of aromatic nitrogens is 1. The van der Waals surface area contributed by atoms with Crippen molar-refractivity contribution in [3.05, 3.63) is 29.5 Å². The number of fused-ring (bicyclic) bond motifs is 1. The summed E-state index contributed by atoms with van der Waals surface area (Å²) < 4.78 is 5.22. The van der Waals surface area contributed by atoms with Gasteiger partial charge in [0, 0.05) is 10.9 Å². The highest BCUT2D eigenvalue weighted by Gasteiger charge is 2.22. The van der Waals surface area contributed by atoms with Crippen LogP contribution in [0.3, 0.4) is 0 Å². The predicted molar refractivity (Wildman–Crippen MR) is 80.2 cm³/mol. The molecule has 0 unspecified atom stereocenters. The van der Waals surface area contributed by atoms with Gasteiger partial charge in [0.2, 0.25) is 5.96 Å². The summed E-state index contributed by atoms with van der Waals surface area (Å²) in [5.41, 5.74) is 12.3. The van der Waals surface area contributed by atoms with Crippen LogP contribution in [0.1, 0.15) is 35.8 Å². The molecule has 7 heteroatoms. The quantitative estimate of drug-likeness (QED) is 0.342. The maximum absolute atomic E-state index is 12.1. The van der Waals surface area contributed by atoms with Crippen LogP contribution in [0.2, 0.25) is 0 Å². The lowest BCUT2D eigenvalue weighted by molar-refractivity contribution is 0.0507. The van der Waals surface area contributed by atoms with Crippen molar-refractivity contribution in [3.8, 4) is 5.75 Å². The summed E-state index contributed by atoms with van der Waals surface area (Å²) >= 11 is 0. The first-order valence-corrected chi connectivity index (χ1v) is 6.44. The topological polar surface area (TPSA) is 116 Å². The zero-order valence-electron chi connectivity index (χ0n) is 12.1. The van der Waals surface area contributed by atoms with Crippen LogP contribution in [0.15, 0.2) is 23.4 Å².